The molecule has 0 amide bonds. The summed E-state index contributed by atoms with van der Waals surface area (Å²) in [6, 6.07) is 18.2. The zero-order valence-corrected chi connectivity index (χ0v) is 16.2. The molecule has 28 heavy (non-hydrogen) atoms. The molecule has 1 heterocycles. The third kappa shape index (κ3) is 3.48. The maximum absolute atomic E-state index is 10.5. The van der Waals surface area contributed by atoms with Gasteiger partial charge in [0.15, 0.2) is 0 Å². The summed E-state index contributed by atoms with van der Waals surface area (Å²) in [5.74, 6) is 1.46. The second-order valence-electron chi connectivity index (χ2n) is 7.07. The largest absolute Gasteiger partial charge is 0.480 e. The number of anilines is 1. The molecule has 6 heteroatoms. The molecule has 146 valence electrons. The Bertz CT molecular complexity index is 939. The Labute approximate surface area is 165 Å². The van der Waals surface area contributed by atoms with Crippen molar-refractivity contribution in [3.63, 3.8) is 0 Å². The van der Waals surface area contributed by atoms with Crippen LogP contribution in [0.4, 0.5) is 5.82 Å². The van der Waals surface area contributed by atoms with Crippen molar-refractivity contribution in [2.45, 2.75) is 31.9 Å². The summed E-state index contributed by atoms with van der Waals surface area (Å²) in [4.78, 5) is 0. The molecule has 1 aromatic heterocycles. The number of nitrogens with zero attached hydrogens (tertiary/aromatic N) is 2. The molecule has 0 saturated heterocycles. The van der Waals surface area contributed by atoms with Gasteiger partial charge in [0.05, 0.1) is 37.2 Å². The number of ether oxygens (including phenoxy) is 1. The molecule has 0 spiro atoms. The maximum Gasteiger partial charge on any atom is 0.238 e. The third-order valence-electron chi connectivity index (χ3n) is 5.33. The van der Waals surface area contributed by atoms with Crippen molar-refractivity contribution in [3.8, 4) is 11.6 Å². The van der Waals surface area contributed by atoms with Gasteiger partial charge in [-0.25, -0.2) is 4.68 Å². The molecule has 1 aliphatic rings. The summed E-state index contributed by atoms with van der Waals surface area (Å²) >= 11 is 0. The van der Waals surface area contributed by atoms with Gasteiger partial charge < -0.3 is 15.2 Å². The van der Waals surface area contributed by atoms with Crippen LogP contribution < -0.4 is 15.4 Å². The fourth-order valence-electron chi connectivity index (χ4n) is 3.87. The highest BCUT2D eigenvalue weighted by atomic mass is 16.5. The first-order valence-corrected chi connectivity index (χ1v) is 9.61. The number of fused-ring (bicyclic) bond motifs is 1. The number of para-hydroxylation sites is 1. The van der Waals surface area contributed by atoms with Gasteiger partial charge in [-0.05, 0) is 43.0 Å². The van der Waals surface area contributed by atoms with E-state index in [0.29, 0.717) is 12.5 Å². The Hall–Kier alpha value is -2.83. The molecule has 0 fully saturated rings. The SMILES string of the molecule is COc1nn(-c2ccccc2)c(NCNC2c3ccccc3CCC2O)c1C. The molecule has 3 aromatic rings. The lowest BCUT2D eigenvalue weighted by Gasteiger charge is -2.31. The predicted octanol–water partition coefficient (Wildman–Crippen LogP) is 3.20. The van der Waals surface area contributed by atoms with E-state index in [1.807, 2.05) is 48.0 Å². The number of benzene rings is 2. The molecule has 0 bridgehead atoms. The fraction of sp³-hybridized carbons (Fsp3) is 0.318. The van der Waals surface area contributed by atoms with Crippen LogP contribution in [0.1, 0.15) is 29.2 Å². The van der Waals surface area contributed by atoms with Crippen molar-refractivity contribution in [1.29, 1.82) is 0 Å². The van der Waals surface area contributed by atoms with Gasteiger partial charge in [0.2, 0.25) is 5.88 Å². The van der Waals surface area contributed by atoms with Gasteiger partial charge in [-0.2, -0.15) is 0 Å². The number of nitrogens with one attached hydrogen (secondary N) is 2. The van der Waals surface area contributed by atoms with Crippen molar-refractivity contribution >= 4 is 5.82 Å². The highest BCUT2D eigenvalue weighted by Gasteiger charge is 2.27. The number of hydrogen-bond acceptors (Lipinski definition) is 5. The molecular weight excluding hydrogens is 352 g/mol. The minimum absolute atomic E-state index is 0.0900. The molecule has 2 atom stereocenters. The van der Waals surface area contributed by atoms with Gasteiger partial charge in [-0.1, -0.05) is 42.5 Å². The average Bonchev–Trinajstić information content (AvgIpc) is 3.06. The van der Waals surface area contributed by atoms with Crippen LogP contribution >= 0.6 is 0 Å². The Balaban J connectivity index is 1.54. The molecular formula is C22H26N4O2. The molecule has 2 unspecified atom stereocenters. The van der Waals surface area contributed by atoms with Gasteiger partial charge in [0.1, 0.15) is 5.82 Å². The minimum atomic E-state index is -0.397. The van der Waals surface area contributed by atoms with Crippen LogP contribution in [-0.4, -0.2) is 34.8 Å². The van der Waals surface area contributed by atoms with E-state index in [2.05, 4.69) is 33.9 Å². The van der Waals surface area contributed by atoms with E-state index in [-0.39, 0.29) is 6.04 Å². The molecule has 1 aliphatic carbocycles. The lowest BCUT2D eigenvalue weighted by Crippen LogP contribution is -2.38. The number of aliphatic hydroxyl groups is 1. The highest BCUT2D eigenvalue weighted by molar-refractivity contribution is 5.55. The average molecular weight is 378 g/mol. The summed E-state index contributed by atoms with van der Waals surface area (Å²) < 4.78 is 7.26. The van der Waals surface area contributed by atoms with Gasteiger partial charge in [0, 0.05) is 0 Å². The number of methoxy groups -OCH3 is 1. The quantitative estimate of drug-likeness (QED) is 0.575. The zero-order valence-electron chi connectivity index (χ0n) is 16.2. The van der Waals surface area contributed by atoms with Crippen LogP contribution in [0.2, 0.25) is 0 Å². The summed E-state index contributed by atoms with van der Waals surface area (Å²) in [6.45, 7) is 2.48. The van der Waals surface area contributed by atoms with E-state index in [9.17, 15) is 5.11 Å². The Kier molecular flexibility index (Phi) is 5.32. The number of aromatic nitrogens is 2. The van der Waals surface area contributed by atoms with Gasteiger partial charge in [-0.15, -0.1) is 5.10 Å². The van der Waals surface area contributed by atoms with Crippen LogP contribution in [-0.2, 0) is 6.42 Å². The summed E-state index contributed by atoms with van der Waals surface area (Å²) in [5.41, 5.74) is 4.38. The smallest absolute Gasteiger partial charge is 0.238 e. The molecule has 0 aliphatic heterocycles. The van der Waals surface area contributed by atoms with Crippen molar-refractivity contribution in [3.05, 3.63) is 71.3 Å². The number of aliphatic hydroxyl groups excluding tert-OH is 1. The Morgan fingerprint density at radius 2 is 1.89 bits per heavy atom. The third-order valence-corrected chi connectivity index (χ3v) is 5.33. The number of rotatable bonds is 6. The summed E-state index contributed by atoms with van der Waals surface area (Å²) in [7, 11) is 1.63. The highest BCUT2D eigenvalue weighted by Crippen LogP contribution is 2.31. The first-order valence-electron chi connectivity index (χ1n) is 9.61. The predicted molar refractivity (Wildman–Crippen MR) is 110 cm³/mol. The topological polar surface area (TPSA) is 71.3 Å². The number of aryl methyl sites for hydroxylation is 1. The van der Waals surface area contributed by atoms with Crippen LogP contribution in [0.15, 0.2) is 54.6 Å². The van der Waals surface area contributed by atoms with Crippen molar-refractivity contribution in [2.75, 3.05) is 19.1 Å². The second-order valence-corrected chi connectivity index (χ2v) is 7.07. The molecule has 6 nitrogen and oxygen atoms in total. The molecule has 2 aromatic carbocycles. The zero-order chi connectivity index (χ0) is 19.5. The van der Waals surface area contributed by atoms with Crippen LogP contribution in [0.25, 0.3) is 5.69 Å². The van der Waals surface area contributed by atoms with Crippen LogP contribution in [0, 0.1) is 6.92 Å². The first kappa shape index (κ1) is 18.5. The van der Waals surface area contributed by atoms with E-state index in [1.165, 1.54) is 11.1 Å². The summed E-state index contributed by atoms with van der Waals surface area (Å²) in [5, 5.41) is 22.0. The Morgan fingerprint density at radius 1 is 1.14 bits per heavy atom. The molecule has 0 radical (unpaired) electrons. The van der Waals surface area contributed by atoms with E-state index in [1.54, 1.807) is 7.11 Å². The van der Waals surface area contributed by atoms with E-state index >= 15 is 0 Å². The normalized spacial score (nSPS) is 18.5. The maximum atomic E-state index is 10.5. The molecule has 3 N–H and O–H groups in total. The first-order chi connectivity index (χ1) is 13.7. The van der Waals surface area contributed by atoms with Crippen molar-refractivity contribution < 1.29 is 9.84 Å². The van der Waals surface area contributed by atoms with Crippen LogP contribution in [0.5, 0.6) is 5.88 Å². The van der Waals surface area contributed by atoms with Gasteiger partial charge in [0.25, 0.3) is 0 Å². The van der Waals surface area contributed by atoms with E-state index < -0.39 is 6.10 Å². The van der Waals surface area contributed by atoms with E-state index in [4.69, 9.17) is 4.74 Å². The second kappa shape index (κ2) is 8.04. The lowest BCUT2D eigenvalue weighted by molar-refractivity contribution is 0.112. The minimum Gasteiger partial charge on any atom is -0.480 e. The van der Waals surface area contributed by atoms with Crippen LogP contribution in [0.3, 0.4) is 0 Å². The Morgan fingerprint density at radius 3 is 2.68 bits per heavy atom. The number of hydrogen-bond donors (Lipinski definition) is 3. The lowest BCUT2D eigenvalue weighted by atomic mass is 9.86. The monoisotopic (exact) mass is 378 g/mol. The van der Waals surface area contributed by atoms with Gasteiger partial charge >= 0.3 is 0 Å². The van der Waals surface area contributed by atoms with Crippen molar-refractivity contribution in [1.82, 2.24) is 15.1 Å². The van der Waals surface area contributed by atoms with E-state index in [0.717, 1.165) is 29.9 Å². The van der Waals surface area contributed by atoms with Gasteiger partial charge in [-0.3, -0.25) is 5.32 Å². The molecule has 0 saturated carbocycles. The summed E-state index contributed by atoms with van der Waals surface area (Å²) in [6.07, 6.45) is 1.29. The standard InChI is InChI=1S/C22H26N4O2/c1-15-21(26(25-22(15)28-2)17-9-4-3-5-10-17)24-14-23-20-18-11-7-6-8-16(18)12-13-19(20)27/h3-11,19-20,23-24,27H,12-14H2,1-2H3. The fourth-order valence-corrected chi connectivity index (χ4v) is 3.87. The molecule has 4 rings (SSSR count). The van der Waals surface area contributed by atoms with Crippen molar-refractivity contribution in [2.24, 2.45) is 0 Å².